The van der Waals surface area contributed by atoms with E-state index in [4.69, 9.17) is 21.1 Å². The molecule has 0 N–H and O–H groups in total. The Labute approximate surface area is 198 Å². The van der Waals surface area contributed by atoms with Gasteiger partial charge in [0.15, 0.2) is 0 Å². The van der Waals surface area contributed by atoms with Crippen LogP contribution in [0.15, 0.2) is 18.2 Å². The van der Waals surface area contributed by atoms with E-state index in [1.807, 2.05) is 31.7 Å². The number of hydrogen-bond donors (Lipinski definition) is 0. The van der Waals surface area contributed by atoms with Crippen LogP contribution < -0.4 is 4.90 Å². The number of nitrogens with zero attached hydrogens (tertiary/aromatic N) is 3. The number of piperidine rings is 1. The quantitative estimate of drug-likeness (QED) is 0.599. The fraction of sp³-hybridized carbons (Fsp3) is 0.720. The third kappa shape index (κ3) is 7.00. The van der Waals surface area contributed by atoms with Crippen LogP contribution in [0, 0.1) is 0 Å². The van der Waals surface area contributed by atoms with Crippen LogP contribution in [0.1, 0.15) is 59.9 Å². The molecule has 0 aromatic heterocycles. The molecule has 32 heavy (non-hydrogen) atoms. The number of carbonyl (C=O) groups is 1. The molecule has 2 heterocycles. The van der Waals surface area contributed by atoms with Crippen LogP contribution >= 0.6 is 11.6 Å². The van der Waals surface area contributed by atoms with E-state index >= 15 is 0 Å². The van der Waals surface area contributed by atoms with Crippen LogP contribution in [-0.4, -0.2) is 72.5 Å². The molecule has 2 aliphatic heterocycles. The Morgan fingerprint density at radius 1 is 1.16 bits per heavy atom. The Kier molecular flexibility index (Phi) is 8.34. The van der Waals surface area contributed by atoms with Gasteiger partial charge in [0.25, 0.3) is 0 Å². The molecule has 7 heteroatoms. The Morgan fingerprint density at radius 2 is 1.84 bits per heavy atom. The standard InChI is InChI=1S/C25H40ClN3O3/c1-18(2)31-21-9-11-27(12-10-21)23-15-20(7-8-22(23)26)17-28-13-14-29(16-19(28)3)24(30)32-25(4,5)6/h7-8,15,18-19,21H,9-14,16-17H2,1-6H3. The van der Waals surface area contributed by atoms with Crippen LogP contribution in [0.25, 0.3) is 0 Å². The Morgan fingerprint density at radius 3 is 2.44 bits per heavy atom. The van der Waals surface area contributed by atoms with Gasteiger partial charge in [-0.15, -0.1) is 0 Å². The molecule has 0 spiro atoms. The van der Waals surface area contributed by atoms with Crippen LogP contribution in [0.3, 0.4) is 0 Å². The summed E-state index contributed by atoms with van der Waals surface area (Å²) in [6.45, 7) is 17.1. The van der Waals surface area contributed by atoms with Crippen molar-refractivity contribution in [1.82, 2.24) is 9.80 Å². The normalized spacial score (nSPS) is 21.3. The highest BCUT2D eigenvalue weighted by molar-refractivity contribution is 6.33. The average Bonchev–Trinajstić information content (AvgIpc) is 2.70. The van der Waals surface area contributed by atoms with Gasteiger partial charge in [-0.1, -0.05) is 17.7 Å². The van der Waals surface area contributed by atoms with Gasteiger partial charge in [-0.2, -0.15) is 0 Å². The van der Waals surface area contributed by atoms with Gasteiger partial charge in [-0.25, -0.2) is 4.79 Å². The maximum Gasteiger partial charge on any atom is 0.410 e. The van der Waals surface area contributed by atoms with Crippen LogP contribution in [0.2, 0.25) is 5.02 Å². The van der Waals surface area contributed by atoms with Gasteiger partial charge < -0.3 is 19.3 Å². The predicted molar refractivity (Wildman–Crippen MR) is 131 cm³/mol. The Hall–Kier alpha value is -1.50. The molecule has 3 rings (SSSR count). The van der Waals surface area contributed by atoms with Crippen molar-refractivity contribution in [1.29, 1.82) is 0 Å². The number of hydrogen-bond acceptors (Lipinski definition) is 5. The second-order valence-corrected chi connectivity index (χ2v) is 10.8. The lowest BCUT2D eigenvalue weighted by Gasteiger charge is -2.40. The van der Waals surface area contributed by atoms with Crippen molar-refractivity contribution in [2.45, 2.75) is 84.8 Å². The SMILES string of the molecule is CC(C)OC1CCN(c2cc(CN3CCN(C(=O)OC(C)(C)C)CC3C)ccc2Cl)CC1. The predicted octanol–water partition coefficient (Wildman–Crippen LogP) is 5.18. The number of halogens is 1. The van der Waals surface area contributed by atoms with E-state index in [2.05, 4.69) is 42.7 Å². The van der Waals surface area contributed by atoms with Crippen LogP contribution in [-0.2, 0) is 16.0 Å². The fourth-order valence-corrected chi connectivity index (χ4v) is 4.71. The molecule has 1 amide bonds. The summed E-state index contributed by atoms with van der Waals surface area (Å²) in [4.78, 5) is 19.1. The van der Waals surface area contributed by atoms with Gasteiger partial charge in [-0.3, -0.25) is 4.90 Å². The van der Waals surface area contributed by atoms with E-state index in [0.717, 1.165) is 49.7 Å². The molecule has 0 radical (unpaired) electrons. The monoisotopic (exact) mass is 465 g/mol. The summed E-state index contributed by atoms with van der Waals surface area (Å²) in [6, 6.07) is 6.64. The number of rotatable bonds is 5. The molecule has 180 valence electrons. The van der Waals surface area contributed by atoms with E-state index < -0.39 is 5.60 Å². The van der Waals surface area contributed by atoms with E-state index in [9.17, 15) is 4.79 Å². The lowest BCUT2D eigenvalue weighted by molar-refractivity contribution is -0.00479. The van der Waals surface area contributed by atoms with E-state index in [-0.39, 0.29) is 18.2 Å². The van der Waals surface area contributed by atoms with Crippen molar-refractivity contribution >= 4 is 23.4 Å². The zero-order valence-corrected chi connectivity index (χ0v) is 21.3. The summed E-state index contributed by atoms with van der Waals surface area (Å²) in [5.41, 5.74) is 1.90. The van der Waals surface area contributed by atoms with Crippen molar-refractivity contribution < 1.29 is 14.3 Å². The molecule has 0 saturated carbocycles. The zero-order valence-electron chi connectivity index (χ0n) is 20.6. The topological polar surface area (TPSA) is 45.2 Å². The lowest BCUT2D eigenvalue weighted by Crippen LogP contribution is -2.54. The molecule has 1 aromatic carbocycles. The van der Waals surface area contributed by atoms with E-state index in [1.165, 1.54) is 5.56 Å². The smallest absolute Gasteiger partial charge is 0.410 e. The summed E-state index contributed by atoms with van der Waals surface area (Å²) >= 11 is 6.58. The lowest BCUT2D eigenvalue weighted by atomic mass is 10.1. The van der Waals surface area contributed by atoms with Crippen molar-refractivity contribution in [2.24, 2.45) is 0 Å². The van der Waals surface area contributed by atoms with Crippen molar-refractivity contribution in [3.8, 4) is 0 Å². The third-order valence-corrected chi connectivity index (χ3v) is 6.38. The summed E-state index contributed by atoms with van der Waals surface area (Å²) < 4.78 is 11.5. The van der Waals surface area contributed by atoms with E-state index in [0.29, 0.717) is 19.2 Å². The maximum absolute atomic E-state index is 12.4. The highest BCUT2D eigenvalue weighted by Gasteiger charge is 2.30. The molecule has 2 aliphatic rings. The molecule has 2 saturated heterocycles. The summed E-state index contributed by atoms with van der Waals surface area (Å²) in [7, 11) is 0. The third-order valence-electron chi connectivity index (χ3n) is 6.06. The van der Waals surface area contributed by atoms with Crippen molar-refractivity contribution in [3.05, 3.63) is 28.8 Å². The number of carbonyl (C=O) groups excluding carboxylic acids is 1. The first-order valence-electron chi connectivity index (χ1n) is 11.9. The van der Waals surface area contributed by atoms with Gasteiger partial charge in [0.1, 0.15) is 5.60 Å². The summed E-state index contributed by atoms with van der Waals surface area (Å²) in [5.74, 6) is 0. The molecule has 2 fully saturated rings. The number of ether oxygens (including phenoxy) is 2. The molecule has 0 aliphatic carbocycles. The first-order valence-corrected chi connectivity index (χ1v) is 12.3. The average molecular weight is 466 g/mol. The minimum atomic E-state index is -0.466. The number of benzene rings is 1. The molecule has 1 atom stereocenters. The molecule has 1 unspecified atom stereocenters. The first-order chi connectivity index (χ1) is 15.0. The zero-order chi connectivity index (χ0) is 23.5. The summed E-state index contributed by atoms with van der Waals surface area (Å²) in [5, 5.41) is 0.805. The minimum absolute atomic E-state index is 0.220. The highest BCUT2D eigenvalue weighted by atomic mass is 35.5. The Bertz CT molecular complexity index is 772. The Balaban J connectivity index is 1.58. The van der Waals surface area contributed by atoms with Crippen molar-refractivity contribution in [2.75, 3.05) is 37.6 Å². The molecule has 0 bridgehead atoms. The second kappa shape index (κ2) is 10.6. The number of piperazine rings is 1. The first kappa shape index (κ1) is 25.1. The molecular formula is C25H40ClN3O3. The van der Waals surface area contributed by atoms with Crippen LogP contribution in [0.5, 0.6) is 0 Å². The van der Waals surface area contributed by atoms with E-state index in [1.54, 1.807) is 0 Å². The highest BCUT2D eigenvalue weighted by Crippen LogP contribution is 2.31. The van der Waals surface area contributed by atoms with Gasteiger partial charge in [0.2, 0.25) is 0 Å². The van der Waals surface area contributed by atoms with Crippen LogP contribution in [0.4, 0.5) is 10.5 Å². The van der Waals surface area contributed by atoms with Gasteiger partial charge in [-0.05, 0) is 72.1 Å². The molecular weight excluding hydrogens is 426 g/mol. The number of anilines is 1. The molecule has 6 nitrogen and oxygen atoms in total. The van der Waals surface area contributed by atoms with Gasteiger partial charge in [0.05, 0.1) is 22.9 Å². The second-order valence-electron chi connectivity index (χ2n) is 10.4. The minimum Gasteiger partial charge on any atom is -0.444 e. The maximum atomic E-state index is 12.4. The van der Waals surface area contributed by atoms with Crippen molar-refractivity contribution in [3.63, 3.8) is 0 Å². The fourth-order valence-electron chi connectivity index (χ4n) is 4.47. The number of amides is 1. The largest absolute Gasteiger partial charge is 0.444 e. The van der Waals surface area contributed by atoms with Gasteiger partial charge >= 0.3 is 6.09 Å². The summed E-state index contributed by atoms with van der Waals surface area (Å²) in [6.07, 6.45) is 2.46. The molecule has 1 aromatic rings. The van der Waals surface area contributed by atoms with Gasteiger partial charge in [0, 0.05) is 45.3 Å².